The van der Waals surface area contributed by atoms with Crippen LogP contribution in [0, 0.1) is 6.92 Å². The van der Waals surface area contributed by atoms with E-state index in [1.807, 2.05) is 19.1 Å². The molecule has 0 saturated heterocycles. The van der Waals surface area contributed by atoms with Gasteiger partial charge >= 0.3 is 0 Å². The molecule has 98 valence electrons. The Morgan fingerprint density at radius 3 is 2.68 bits per heavy atom. The fraction of sp³-hybridized carbons (Fsp3) is 0.143. The molecule has 4 nitrogen and oxygen atoms in total. The number of nitrogens with zero attached hydrogens (tertiary/aromatic N) is 1. The third-order valence-electron chi connectivity index (χ3n) is 2.68. The molecular weight excluding hydrogens is 262 g/mol. The molecule has 0 saturated carbocycles. The molecule has 1 aromatic carbocycles. The number of hydrogen-bond acceptors (Lipinski definition) is 3. The van der Waals surface area contributed by atoms with Crippen molar-refractivity contribution in [3.8, 4) is 0 Å². The summed E-state index contributed by atoms with van der Waals surface area (Å²) < 4.78 is 0. The van der Waals surface area contributed by atoms with E-state index in [1.165, 1.54) is 0 Å². The highest BCUT2D eigenvalue weighted by molar-refractivity contribution is 6.32. The minimum Gasteiger partial charge on any atom is -0.326 e. The summed E-state index contributed by atoms with van der Waals surface area (Å²) in [5.74, 6) is -0.224. The molecule has 1 aromatic heterocycles. The van der Waals surface area contributed by atoms with Gasteiger partial charge in [-0.05, 0) is 36.2 Å². The highest BCUT2D eigenvalue weighted by Gasteiger charge is 2.09. The van der Waals surface area contributed by atoms with Crippen molar-refractivity contribution >= 4 is 23.2 Å². The van der Waals surface area contributed by atoms with E-state index in [9.17, 15) is 4.79 Å². The molecule has 5 heteroatoms. The number of benzene rings is 1. The van der Waals surface area contributed by atoms with Crippen LogP contribution in [-0.4, -0.2) is 10.9 Å². The lowest BCUT2D eigenvalue weighted by Crippen LogP contribution is -2.13. The van der Waals surface area contributed by atoms with E-state index < -0.39 is 0 Å². The molecule has 0 bridgehead atoms. The Bertz CT molecular complexity index is 596. The van der Waals surface area contributed by atoms with Crippen LogP contribution in [0.5, 0.6) is 0 Å². The molecular formula is C14H14ClN3O. The highest BCUT2D eigenvalue weighted by Crippen LogP contribution is 2.20. The predicted molar refractivity (Wildman–Crippen MR) is 76.3 cm³/mol. The van der Waals surface area contributed by atoms with Crippen molar-refractivity contribution in [2.45, 2.75) is 13.5 Å². The van der Waals surface area contributed by atoms with Crippen LogP contribution in [0.4, 0.5) is 5.69 Å². The first-order valence-electron chi connectivity index (χ1n) is 5.82. The van der Waals surface area contributed by atoms with E-state index >= 15 is 0 Å². The van der Waals surface area contributed by atoms with Gasteiger partial charge in [0.05, 0.1) is 5.69 Å². The molecule has 0 aliphatic carbocycles. The van der Waals surface area contributed by atoms with Crippen LogP contribution in [0.2, 0.25) is 5.15 Å². The summed E-state index contributed by atoms with van der Waals surface area (Å²) in [4.78, 5) is 16.0. The zero-order valence-corrected chi connectivity index (χ0v) is 11.2. The fourth-order valence-electron chi connectivity index (χ4n) is 1.63. The van der Waals surface area contributed by atoms with Crippen molar-refractivity contribution in [2.24, 2.45) is 5.73 Å². The van der Waals surface area contributed by atoms with Crippen molar-refractivity contribution in [3.63, 3.8) is 0 Å². The summed E-state index contributed by atoms with van der Waals surface area (Å²) >= 11 is 5.93. The van der Waals surface area contributed by atoms with Crippen molar-refractivity contribution < 1.29 is 4.79 Å². The van der Waals surface area contributed by atoms with Crippen LogP contribution < -0.4 is 11.1 Å². The Balaban J connectivity index is 2.18. The smallest absolute Gasteiger partial charge is 0.255 e. The maximum absolute atomic E-state index is 12.0. The molecule has 0 fully saturated rings. The number of halogens is 1. The van der Waals surface area contributed by atoms with Gasteiger partial charge in [0.2, 0.25) is 0 Å². The van der Waals surface area contributed by atoms with Crippen molar-refractivity contribution in [1.82, 2.24) is 4.98 Å². The van der Waals surface area contributed by atoms with Gasteiger partial charge in [-0.15, -0.1) is 0 Å². The Morgan fingerprint density at radius 1 is 1.37 bits per heavy atom. The lowest BCUT2D eigenvalue weighted by Gasteiger charge is -2.08. The molecule has 0 aliphatic rings. The first-order chi connectivity index (χ1) is 9.10. The molecule has 3 N–H and O–H groups in total. The molecule has 1 amide bonds. The number of nitrogens with two attached hydrogens (primary N) is 1. The third kappa shape index (κ3) is 3.30. The number of hydrogen-bond donors (Lipinski definition) is 2. The maximum atomic E-state index is 12.0. The maximum Gasteiger partial charge on any atom is 0.255 e. The molecule has 2 aromatic rings. The zero-order valence-electron chi connectivity index (χ0n) is 10.5. The number of carbonyl (C=O) groups excluding carboxylic acids is 1. The molecule has 1 heterocycles. The molecule has 0 aliphatic heterocycles. The number of amides is 1. The van der Waals surface area contributed by atoms with E-state index in [4.69, 9.17) is 17.3 Å². The van der Waals surface area contributed by atoms with E-state index in [1.54, 1.807) is 24.4 Å². The van der Waals surface area contributed by atoms with E-state index in [2.05, 4.69) is 10.3 Å². The van der Waals surface area contributed by atoms with Gasteiger partial charge in [-0.25, -0.2) is 4.98 Å². The Kier molecular flexibility index (Phi) is 4.14. The molecule has 0 radical (unpaired) electrons. The van der Waals surface area contributed by atoms with Crippen molar-refractivity contribution in [3.05, 3.63) is 58.4 Å². The van der Waals surface area contributed by atoms with Gasteiger partial charge in [-0.1, -0.05) is 23.7 Å². The average molecular weight is 276 g/mol. The number of aryl methyl sites for hydroxylation is 1. The lowest BCUT2D eigenvalue weighted by atomic mass is 10.1. The monoisotopic (exact) mass is 275 g/mol. The normalized spacial score (nSPS) is 10.3. The second-order valence-corrected chi connectivity index (χ2v) is 4.56. The van der Waals surface area contributed by atoms with E-state index in [-0.39, 0.29) is 11.1 Å². The number of aromatic nitrogens is 1. The largest absolute Gasteiger partial charge is 0.326 e. The van der Waals surface area contributed by atoms with Gasteiger partial charge in [0, 0.05) is 18.3 Å². The molecule has 0 unspecified atom stereocenters. The fourth-order valence-corrected chi connectivity index (χ4v) is 1.78. The topological polar surface area (TPSA) is 68.0 Å². The molecule has 19 heavy (non-hydrogen) atoms. The Hall–Kier alpha value is -1.91. The minimum absolute atomic E-state index is 0.224. The first kappa shape index (κ1) is 13.5. The second kappa shape index (κ2) is 5.82. The van der Waals surface area contributed by atoms with E-state index in [0.717, 1.165) is 11.1 Å². The molecule has 0 spiro atoms. The summed E-state index contributed by atoms with van der Waals surface area (Å²) in [6.45, 7) is 2.34. The van der Waals surface area contributed by atoms with Gasteiger partial charge in [0.15, 0.2) is 5.15 Å². The van der Waals surface area contributed by atoms with Gasteiger partial charge in [-0.3, -0.25) is 4.79 Å². The molecule has 2 rings (SSSR count). The van der Waals surface area contributed by atoms with Crippen LogP contribution in [0.3, 0.4) is 0 Å². The number of anilines is 1. The summed E-state index contributed by atoms with van der Waals surface area (Å²) in [5, 5.41) is 3.02. The number of nitrogens with one attached hydrogen (secondary N) is 1. The summed E-state index contributed by atoms with van der Waals surface area (Å²) in [6.07, 6.45) is 1.65. The minimum atomic E-state index is -0.224. The second-order valence-electron chi connectivity index (χ2n) is 4.21. The van der Waals surface area contributed by atoms with Gasteiger partial charge in [0.25, 0.3) is 5.91 Å². The van der Waals surface area contributed by atoms with Crippen molar-refractivity contribution in [2.75, 3.05) is 5.32 Å². The SMILES string of the molecule is Cc1cnc(Cl)c(NC(=O)c2ccc(CN)cc2)c1. The standard InChI is InChI=1S/C14H14ClN3O/c1-9-6-12(13(15)17-8-9)18-14(19)11-4-2-10(7-16)3-5-11/h2-6,8H,7,16H2,1H3,(H,18,19). The third-order valence-corrected chi connectivity index (χ3v) is 2.98. The van der Waals surface area contributed by atoms with E-state index in [0.29, 0.717) is 17.8 Å². The van der Waals surface area contributed by atoms with Gasteiger partial charge in [0.1, 0.15) is 0 Å². The summed E-state index contributed by atoms with van der Waals surface area (Å²) in [5.41, 5.74) is 8.48. The van der Waals surface area contributed by atoms with Crippen LogP contribution >= 0.6 is 11.6 Å². The van der Waals surface area contributed by atoms with Crippen LogP contribution in [-0.2, 0) is 6.54 Å². The van der Waals surface area contributed by atoms with Crippen LogP contribution in [0.1, 0.15) is 21.5 Å². The lowest BCUT2D eigenvalue weighted by molar-refractivity contribution is 0.102. The summed E-state index contributed by atoms with van der Waals surface area (Å²) in [6, 6.07) is 8.89. The van der Waals surface area contributed by atoms with Crippen molar-refractivity contribution in [1.29, 1.82) is 0 Å². The Labute approximate surface area is 116 Å². The summed E-state index contributed by atoms with van der Waals surface area (Å²) in [7, 11) is 0. The zero-order chi connectivity index (χ0) is 13.8. The molecule has 0 atom stereocenters. The highest BCUT2D eigenvalue weighted by atomic mass is 35.5. The Morgan fingerprint density at radius 2 is 2.05 bits per heavy atom. The number of carbonyl (C=O) groups is 1. The first-order valence-corrected chi connectivity index (χ1v) is 6.20. The van der Waals surface area contributed by atoms with Gasteiger partial charge < -0.3 is 11.1 Å². The number of pyridine rings is 1. The number of rotatable bonds is 3. The van der Waals surface area contributed by atoms with Crippen LogP contribution in [0.25, 0.3) is 0 Å². The van der Waals surface area contributed by atoms with Gasteiger partial charge in [-0.2, -0.15) is 0 Å². The predicted octanol–water partition coefficient (Wildman–Crippen LogP) is 2.75. The van der Waals surface area contributed by atoms with Crippen LogP contribution in [0.15, 0.2) is 36.5 Å². The average Bonchev–Trinajstić information content (AvgIpc) is 2.43. The quantitative estimate of drug-likeness (QED) is 0.847.